The molecule has 1 aliphatic heterocycles. The SMILES string of the molecule is Cc1ccccc1NC(=O)Nc1ccc(Cn2cccc(NC(=O)N[C@H](CC(=O)O)c3ccc4c(c3)OCO4)c2=O)cc1. The normalized spacial score (nSPS) is 12.2. The molecule has 0 unspecified atom stereocenters. The number of aromatic nitrogens is 1. The van der Waals surface area contributed by atoms with Gasteiger partial charge in [-0.3, -0.25) is 9.59 Å². The molecule has 220 valence electrons. The zero-order valence-corrected chi connectivity index (χ0v) is 23.1. The molecule has 3 aromatic carbocycles. The van der Waals surface area contributed by atoms with Gasteiger partial charge in [0.15, 0.2) is 11.5 Å². The van der Waals surface area contributed by atoms with Gasteiger partial charge in [0, 0.05) is 17.6 Å². The van der Waals surface area contributed by atoms with E-state index in [0.717, 1.165) is 11.1 Å². The van der Waals surface area contributed by atoms with Gasteiger partial charge < -0.3 is 40.4 Å². The largest absolute Gasteiger partial charge is 0.481 e. The average Bonchev–Trinajstić information content (AvgIpc) is 3.45. The van der Waals surface area contributed by atoms with E-state index in [1.807, 2.05) is 31.2 Å². The van der Waals surface area contributed by atoms with Gasteiger partial charge in [0.05, 0.1) is 19.0 Å². The molecular weight excluding hydrogens is 554 g/mol. The first-order valence-corrected chi connectivity index (χ1v) is 13.4. The van der Waals surface area contributed by atoms with Gasteiger partial charge in [0.2, 0.25) is 6.79 Å². The second-order valence-electron chi connectivity index (χ2n) is 9.81. The van der Waals surface area contributed by atoms with E-state index in [9.17, 15) is 24.3 Å². The Balaban J connectivity index is 1.21. The average molecular weight is 584 g/mol. The van der Waals surface area contributed by atoms with Crippen LogP contribution in [0.5, 0.6) is 11.5 Å². The lowest BCUT2D eigenvalue weighted by Crippen LogP contribution is -2.36. The first-order chi connectivity index (χ1) is 20.7. The van der Waals surface area contributed by atoms with Gasteiger partial charge in [-0.05, 0) is 66.1 Å². The Labute approximate surface area is 246 Å². The van der Waals surface area contributed by atoms with Crippen LogP contribution in [-0.2, 0) is 11.3 Å². The van der Waals surface area contributed by atoms with Crippen LogP contribution in [0.4, 0.5) is 26.7 Å². The summed E-state index contributed by atoms with van der Waals surface area (Å²) in [6, 6.07) is 20.5. The van der Waals surface area contributed by atoms with Crippen LogP contribution < -0.4 is 36.3 Å². The molecule has 1 atom stereocenters. The predicted octanol–water partition coefficient (Wildman–Crippen LogP) is 4.92. The number of anilines is 3. The molecular formula is C31H29N5O7. The van der Waals surface area contributed by atoms with E-state index in [1.165, 1.54) is 10.6 Å². The molecule has 4 aromatic rings. The van der Waals surface area contributed by atoms with Gasteiger partial charge >= 0.3 is 18.0 Å². The number of hydrogen-bond donors (Lipinski definition) is 5. The Morgan fingerprint density at radius 1 is 0.860 bits per heavy atom. The number of rotatable bonds is 9. The van der Waals surface area contributed by atoms with E-state index in [-0.39, 0.29) is 31.5 Å². The topological polar surface area (TPSA) is 160 Å². The van der Waals surface area contributed by atoms with Crippen molar-refractivity contribution in [2.24, 2.45) is 0 Å². The lowest BCUT2D eigenvalue weighted by Gasteiger charge is -2.18. The third-order valence-electron chi connectivity index (χ3n) is 6.71. The molecule has 0 aliphatic carbocycles. The summed E-state index contributed by atoms with van der Waals surface area (Å²) in [5.41, 5.74) is 3.10. The maximum atomic E-state index is 13.1. The number of para-hydroxylation sites is 1. The Morgan fingerprint density at radius 2 is 1.58 bits per heavy atom. The molecule has 0 radical (unpaired) electrons. The van der Waals surface area contributed by atoms with Crippen LogP contribution in [0, 0.1) is 6.92 Å². The predicted molar refractivity (Wildman–Crippen MR) is 160 cm³/mol. The summed E-state index contributed by atoms with van der Waals surface area (Å²) in [7, 11) is 0. The van der Waals surface area contributed by atoms with Crippen LogP contribution in [0.15, 0.2) is 89.9 Å². The zero-order chi connectivity index (χ0) is 30.3. The number of amides is 4. The molecule has 5 rings (SSSR count). The van der Waals surface area contributed by atoms with E-state index >= 15 is 0 Å². The van der Waals surface area contributed by atoms with Crippen LogP contribution in [0.1, 0.15) is 29.2 Å². The molecule has 0 saturated heterocycles. The summed E-state index contributed by atoms with van der Waals surface area (Å²) in [6.45, 7) is 2.17. The minimum atomic E-state index is -1.11. The lowest BCUT2D eigenvalue weighted by atomic mass is 10.0. The maximum Gasteiger partial charge on any atom is 0.323 e. The van der Waals surface area contributed by atoms with Crippen molar-refractivity contribution in [3.05, 3.63) is 112 Å². The van der Waals surface area contributed by atoms with Gasteiger partial charge in [-0.1, -0.05) is 36.4 Å². The number of benzene rings is 3. The minimum absolute atomic E-state index is 0.0194. The van der Waals surface area contributed by atoms with E-state index in [1.54, 1.807) is 54.7 Å². The molecule has 12 nitrogen and oxygen atoms in total. The number of aliphatic carboxylic acids is 1. The monoisotopic (exact) mass is 583 g/mol. The molecule has 2 heterocycles. The number of aryl methyl sites for hydroxylation is 1. The van der Waals surface area contributed by atoms with Gasteiger partial charge in [0.25, 0.3) is 5.56 Å². The van der Waals surface area contributed by atoms with Crippen LogP contribution in [0.2, 0.25) is 0 Å². The Kier molecular flexibility index (Phi) is 8.56. The summed E-state index contributed by atoms with van der Waals surface area (Å²) in [4.78, 5) is 49.8. The molecule has 43 heavy (non-hydrogen) atoms. The van der Waals surface area contributed by atoms with Gasteiger partial charge in [-0.25, -0.2) is 9.59 Å². The van der Waals surface area contributed by atoms with Crippen molar-refractivity contribution in [1.82, 2.24) is 9.88 Å². The number of carbonyl (C=O) groups is 3. The number of carboxylic acid groups (broad SMARTS) is 1. The fourth-order valence-electron chi connectivity index (χ4n) is 4.52. The van der Waals surface area contributed by atoms with Gasteiger partial charge in [0.1, 0.15) is 5.69 Å². The molecule has 1 aliphatic rings. The van der Waals surface area contributed by atoms with Crippen LogP contribution in [0.25, 0.3) is 0 Å². The van der Waals surface area contributed by atoms with Crippen molar-refractivity contribution in [3.8, 4) is 11.5 Å². The molecule has 12 heteroatoms. The highest BCUT2D eigenvalue weighted by Crippen LogP contribution is 2.34. The fourth-order valence-corrected chi connectivity index (χ4v) is 4.52. The van der Waals surface area contributed by atoms with Crippen molar-refractivity contribution >= 4 is 35.1 Å². The van der Waals surface area contributed by atoms with Crippen molar-refractivity contribution < 1.29 is 29.0 Å². The Bertz CT molecular complexity index is 1720. The van der Waals surface area contributed by atoms with Crippen molar-refractivity contribution in [2.45, 2.75) is 25.9 Å². The summed E-state index contributed by atoms with van der Waals surface area (Å²) >= 11 is 0. The van der Waals surface area contributed by atoms with Crippen LogP contribution >= 0.6 is 0 Å². The quantitative estimate of drug-likeness (QED) is 0.187. The third-order valence-corrected chi connectivity index (χ3v) is 6.71. The van der Waals surface area contributed by atoms with Crippen molar-refractivity contribution in [2.75, 3.05) is 22.7 Å². The Hall–Kier alpha value is -5.78. The number of carbonyl (C=O) groups excluding carboxylic acids is 2. The number of urea groups is 2. The van der Waals surface area contributed by atoms with Crippen molar-refractivity contribution in [3.63, 3.8) is 0 Å². The fraction of sp³-hybridized carbons (Fsp3) is 0.161. The first-order valence-electron chi connectivity index (χ1n) is 13.4. The van der Waals surface area contributed by atoms with E-state index in [0.29, 0.717) is 28.4 Å². The summed E-state index contributed by atoms with van der Waals surface area (Å²) in [6.07, 6.45) is 1.21. The minimum Gasteiger partial charge on any atom is -0.481 e. The first kappa shape index (κ1) is 28.7. The lowest BCUT2D eigenvalue weighted by molar-refractivity contribution is -0.137. The standard InChI is InChI=1S/C31H29N5O7/c1-19-5-2-3-6-23(19)33-30(40)32-22-11-8-20(9-12-22)17-36-14-4-7-24(29(36)39)34-31(41)35-25(16-28(37)38)21-10-13-26-27(15-21)43-18-42-26/h2-15,25H,16-18H2,1H3,(H,37,38)(H2,32,33,40)(H2,34,35,41)/t25-/m1/s1. The second-order valence-corrected chi connectivity index (χ2v) is 9.81. The number of pyridine rings is 1. The van der Waals surface area contributed by atoms with E-state index in [4.69, 9.17) is 9.47 Å². The third kappa shape index (κ3) is 7.30. The highest BCUT2D eigenvalue weighted by Gasteiger charge is 2.22. The van der Waals surface area contributed by atoms with Crippen LogP contribution in [0.3, 0.4) is 0 Å². The van der Waals surface area contributed by atoms with Crippen molar-refractivity contribution in [1.29, 1.82) is 0 Å². The Morgan fingerprint density at radius 3 is 2.35 bits per heavy atom. The molecule has 0 bridgehead atoms. The second kappa shape index (κ2) is 12.8. The van der Waals surface area contributed by atoms with Gasteiger partial charge in [-0.2, -0.15) is 0 Å². The van der Waals surface area contributed by atoms with E-state index in [2.05, 4.69) is 21.3 Å². The molecule has 0 spiro atoms. The maximum absolute atomic E-state index is 13.1. The summed E-state index contributed by atoms with van der Waals surface area (Å²) in [5.74, 6) is -0.129. The molecule has 0 saturated carbocycles. The number of hydrogen-bond acceptors (Lipinski definition) is 6. The highest BCUT2D eigenvalue weighted by molar-refractivity contribution is 6.00. The highest BCUT2D eigenvalue weighted by atomic mass is 16.7. The molecule has 5 N–H and O–H groups in total. The number of nitrogens with one attached hydrogen (secondary N) is 4. The molecule has 4 amide bonds. The summed E-state index contributed by atoms with van der Waals surface area (Å²) in [5, 5.41) is 20.1. The number of ether oxygens (including phenoxy) is 2. The van der Waals surface area contributed by atoms with Gasteiger partial charge in [-0.15, -0.1) is 0 Å². The number of fused-ring (bicyclic) bond motifs is 1. The number of nitrogens with zero attached hydrogens (tertiary/aromatic N) is 1. The summed E-state index contributed by atoms with van der Waals surface area (Å²) < 4.78 is 12.1. The molecule has 0 fully saturated rings. The molecule has 1 aromatic heterocycles. The smallest absolute Gasteiger partial charge is 0.323 e. The van der Waals surface area contributed by atoms with Crippen LogP contribution in [-0.4, -0.2) is 34.5 Å². The van der Waals surface area contributed by atoms with E-state index < -0.39 is 23.6 Å². The zero-order valence-electron chi connectivity index (χ0n) is 23.1. The number of carboxylic acids is 1.